The summed E-state index contributed by atoms with van der Waals surface area (Å²) in [4.78, 5) is 9.54. The van der Waals surface area contributed by atoms with Crippen molar-refractivity contribution in [3.05, 3.63) is 40.2 Å². The van der Waals surface area contributed by atoms with Gasteiger partial charge in [0, 0.05) is 16.3 Å². The number of rotatable bonds is 1. The van der Waals surface area contributed by atoms with Crippen molar-refractivity contribution in [2.75, 3.05) is 0 Å². The van der Waals surface area contributed by atoms with Crippen LogP contribution in [0.15, 0.2) is 24.0 Å². The van der Waals surface area contributed by atoms with Crippen molar-refractivity contribution >= 4 is 22.5 Å². The Balaban J connectivity index is 2.28. The summed E-state index contributed by atoms with van der Waals surface area (Å²) in [7, 11) is 0. The highest BCUT2D eigenvalue weighted by atomic mass is 32.1. The summed E-state index contributed by atoms with van der Waals surface area (Å²) in [6.45, 7) is 4.15. The van der Waals surface area contributed by atoms with Crippen molar-refractivity contribution in [3.8, 4) is 5.69 Å². The average molecular weight is 247 g/mol. The van der Waals surface area contributed by atoms with Crippen LogP contribution in [0.5, 0.6) is 0 Å². The number of hydrogen-bond donors (Lipinski definition) is 0. The predicted octanol–water partition coefficient (Wildman–Crippen LogP) is 3.24. The molecule has 3 aromatic rings. The largest absolute Gasteiger partial charge is 0.282 e. The molecule has 0 saturated carbocycles. The minimum Gasteiger partial charge on any atom is -0.282 e. The van der Waals surface area contributed by atoms with Crippen LogP contribution in [-0.2, 0) is 0 Å². The molecule has 0 atom stereocenters. The maximum absolute atomic E-state index is 13.0. The molecular formula is C12H10FN3S. The Morgan fingerprint density at radius 1 is 1.29 bits per heavy atom. The van der Waals surface area contributed by atoms with Crippen molar-refractivity contribution in [3.63, 3.8) is 0 Å². The molecule has 0 aromatic carbocycles. The Morgan fingerprint density at radius 2 is 2.12 bits per heavy atom. The van der Waals surface area contributed by atoms with E-state index in [1.807, 2.05) is 4.57 Å². The first-order valence-corrected chi connectivity index (χ1v) is 6.08. The SMILES string of the molecule is Cc1scc(-n2cnc3cc(F)cnc32)c1C. The van der Waals surface area contributed by atoms with Gasteiger partial charge in [-0.05, 0) is 19.4 Å². The predicted molar refractivity (Wildman–Crippen MR) is 66.2 cm³/mol. The minimum atomic E-state index is -0.360. The second-order valence-electron chi connectivity index (χ2n) is 3.91. The van der Waals surface area contributed by atoms with E-state index in [1.54, 1.807) is 17.7 Å². The molecule has 0 aliphatic rings. The van der Waals surface area contributed by atoms with Crippen LogP contribution >= 0.6 is 11.3 Å². The number of pyridine rings is 1. The number of hydrogen-bond acceptors (Lipinski definition) is 3. The number of halogens is 1. The molecule has 0 saturated heterocycles. The highest BCUT2D eigenvalue weighted by Gasteiger charge is 2.11. The summed E-state index contributed by atoms with van der Waals surface area (Å²) >= 11 is 1.69. The summed E-state index contributed by atoms with van der Waals surface area (Å²) in [5.41, 5.74) is 3.54. The molecule has 17 heavy (non-hydrogen) atoms. The lowest BCUT2D eigenvalue weighted by molar-refractivity contribution is 0.623. The lowest BCUT2D eigenvalue weighted by Crippen LogP contribution is -1.94. The van der Waals surface area contributed by atoms with E-state index in [-0.39, 0.29) is 5.82 Å². The molecule has 0 spiro atoms. The molecular weight excluding hydrogens is 237 g/mol. The zero-order chi connectivity index (χ0) is 12.0. The van der Waals surface area contributed by atoms with Crippen LogP contribution in [0, 0.1) is 19.7 Å². The van der Waals surface area contributed by atoms with Gasteiger partial charge in [-0.1, -0.05) is 0 Å². The van der Waals surface area contributed by atoms with Crippen molar-refractivity contribution in [2.24, 2.45) is 0 Å². The normalized spacial score (nSPS) is 11.2. The first kappa shape index (κ1) is 10.4. The maximum Gasteiger partial charge on any atom is 0.164 e. The molecule has 3 aromatic heterocycles. The smallest absolute Gasteiger partial charge is 0.164 e. The van der Waals surface area contributed by atoms with Crippen LogP contribution in [0.1, 0.15) is 10.4 Å². The first-order chi connectivity index (χ1) is 8.16. The minimum absolute atomic E-state index is 0.360. The summed E-state index contributed by atoms with van der Waals surface area (Å²) in [6.07, 6.45) is 2.90. The molecule has 3 heterocycles. The lowest BCUT2D eigenvalue weighted by atomic mass is 10.2. The van der Waals surface area contributed by atoms with Crippen LogP contribution in [0.2, 0.25) is 0 Å². The van der Waals surface area contributed by atoms with Crippen molar-refractivity contribution < 1.29 is 4.39 Å². The van der Waals surface area contributed by atoms with E-state index in [0.717, 1.165) is 5.69 Å². The summed E-state index contributed by atoms with van der Waals surface area (Å²) in [6, 6.07) is 1.40. The number of thiophene rings is 1. The van der Waals surface area contributed by atoms with E-state index >= 15 is 0 Å². The van der Waals surface area contributed by atoms with E-state index in [4.69, 9.17) is 0 Å². The molecule has 0 amide bonds. The van der Waals surface area contributed by atoms with Gasteiger partial charge in [0.05, 0.1) is 11.9 Å². The third-order valence-electron chi connectivity index (χ3n) is 2.87. The van der Waals surface area contributed by atoms with Crippen molar-refractivity contribution in [1.82, 2.24) is 14.5 Å². The van der Waals surface area contributed by atoms with E-state index in [1.165, 1.54) is 22.7 Å². The standard InChI is InChI=1S/C12H10FN3S/c1-7-8(2)17-5-11(7)16-6-15-10-3-9(13)4-14-12(10)16/h3-6H,1-2H3. The Labute approximate surface area is 102 Å². The van der Waals surface area contributed by atoms with Crippen LogP contribution in [-0.4, -0.2) is 14.5 Å². The second kappa shape index (κ2) is 3.63. The van der Waals surface area contributed by atoms with Crippen LogP contribution < -0.4 is 0 Å². The molecule has 3 nitrogen and oxygen atoms in total. The highest BCUT2D eigenvalue weighted by molar-refractivity contribution is 7.10. The Bertz CT molecular complexity index is 699. The quantitative estimate of drug-likeness (QED) is 0.661. The fraction of sp³-hybridized carbons (Fsp3) is 0.167. The van der Waals surface area contributed by atoms with Gasteiger partial charge in [0.1, 0.15) is 17.7 Å². The lowest BCUT2D eigenvalue weighted by Gasteiger charge is -2.02. The van der Waals surface area contributed by atoms with Crippen molar-refractivity contribution in [1.29, 1.82) is 0 Å². The topological polar surface area (TPSA) is 30.7 Å². The van der Waals surface area contributed by atoms with E-state index in [9.17, 15) is 4.39 Å². The van der Waals surface area contributed by atoms with Gasteiger partial charge < -0.3 is 0 Å². The highest BCUT2D eigenvalue weighted by Crippen LogP contribution is 2.26. The van der Waals surface area contributed by atoms with Gasteiger partial charge in [0.2, 0.25) is 0 Å². The Kier molecular flexibility index (Phi) is 2.22. The maximum atomic E-state index is 13.0. The van der Waals surface area contributed by atoms with E-state index in [2.05, 4.69) is 29.2 Å². The van der Waals surface area contributed by atoms with Crippen LogP contribution in [0.25, 0.3) is 16.9 Å². The number of fused-ring (bicyclic) bond motifs is 1. The molecule has 0 N–H and O–H groups in total. The third-order valence-corrected chi connectivity index (χ3v) is 3.87. The van der Waals surface area contributed by atoms with Gasteiger partial charge in [-0.25, -0.2) is 14.4 Å². The molecule has 0 bridgehead atoms. The fourth-order valence-electron chi connectivity index (χ4n) is 1.79. The molecule has 86 valence electrons. The van der Waals surface area contributed by atoms with Gasteiger partial charge >= 0.3 is 0 Å². The number of imidazole rings is 1. The first-order valence-electron chi connectivity index (χ1n) is 5.20. The van der Waals surface area contributed by atoms with Gasteiger partial charge in [-0.3, -0.25) is 4.57 Å². The number of aryl methyl sites for hydroxylation is 1. The van der Waals surface area contributed by atoms with Gasteiger partial charge in [0.15, 0.2) is 5.65 Å². The van der Waals surface area contributed by atoms with Crippen LogP contribution in [0.3, 0.4) is 0 Å². The number of aromatic nitrogens is 3. The molecule has 0 fully saturated rings. The zero-order valence-electron chi connectivity index (χ0n) is 9.44. The second-order valence-corrected chi connectivity index (χ2v) is 5.00. The zero-order valence-corrected chi connectivity index (χ0v) is 10.3. The molecule has 0 aliphatic heterocycles. The summed E-state index contributed by atoms with van der Waals surface area (Å²) in [5, 5.41) is 2.07. The monoisotopic (exact) mass is 247 g/mol. The number of nitrogens with zero attached hydrogens (tertiary/aromatic N) is 3. The molecule has 5 heteroatoms. The summed E-state index contributed by atoms with van der Waals surface area (Å²) < 4.78 is 14.9. The van der Waals surface area contributed by atoms with Gasteiger partial charge in [-0.15, -0.1) is 11.3 Å². The molecule has 0 unspecified atom stereocenters. The summed E-state index contributed by atoms with van der Waals surface area (Å²) in [5.74, 6) is -0.360. The molecule has 0 aliphatic carbocycles. The van der Waals surface area contributed by atoms with Gasteiger partial charge in [-0.2, -0.15) is 0 Å². The fourth-order valence-corrected chi connectivity index (χ4v) is 2.65. The van der Waals surface area contributed by atoms with E-state index in [0.29, 0.717) is 11.2 Å². The third kappa shape index (κ3) is 1.54. The Morgan fingerprint density at radius 3 is 2.82 bits per heavy atom. The van der Waals surface area contributed by atoms with Crippen molar-refractivity contribution in [2.45, 2.75) is 13.8 Å². The molecule has 0 radical (unpaired) electrons. The van der Waals surface area contributed by atoms with E-state index < -0.39 is 0 Å². The van der Waals surface area contributed by atoms with Gasteiger partial charge in [0.25, 0.3) is 0 Å². The van der Waals surface area contributed by atoms with Crippen LogP contribution in [0.4, 0.5) is 4.39 Å². The molecule has 3 rings (SSSR count). The average Bonchev–Trinajstić information content (AvgIpc) is 2.84. The Hall–Kier alpha value is -1.75.